The summed E-state index contributed by atoms with van der Waals surface area (Å²) in [6.45, 7) is 3.87. The largest absolute Gasteiger partial charge is 0.457 e. The van der Waals surface area contributed by atoms with Gasteiger partial charge in [0, 0.05) is 13.0 Å². The Morgan fingerprint density at radius 3 is 1.76 bits per heavy atom. The van der Waals surface area contributed by atoms with Crippen molar-refractivity contribution in [2.75, 3.05) is 26.4 Å². The first-order valence-electron chi connectivity index (χ1n) is 19.9. The van der Waals surface area contributed by atoms with Crippen molar-refractivity contribution >= 4 is 16.4 Å². The predicted octanol–water partition coefficient (Wildman–Crippen LogP) is 7.13. The number of unbranched alkanes of at least 4 members (excludes halogenated alkanes) is 19. The minimum atomic E-state index is -5.05. The summed E-state index contributed by atoms with van der Waals surface area (Å²) in [7, 11) is -5.05. The van der Waals surface area contributed by atoms with Gasteiger partial charge in [0.05, 0.1) is 19.8 Å². The van der Waals surface area contributed by atoms with Gasteiger partial charge in [-0.1, -0.05) is 129 Å². The molecule has 0 aromatic heterocycles. The molecule has 302 valence electrons. The van der Waals surface area contributed by atoms with E-state index in [-0.39, 0.29) is 19.6 Å². The minimum Gasteiger partial charge on any atom is -0.457 e. The van der Waals surface area contributed by atoms with Gasteiger partial charge in [0.15, 0.2) is 6.29 Å². The molecule has 6 unspecified atom stereocenters. The van der Waals surface area contributed by atoms with Crippen molar-refractivity contribution in [2.24, 2.45) is 0 Å². The Labute approximate surface area is 308 Å². The molecule has 51 heavy (non-hydrogen) atoms. The lowest BCUT2D eigenvalue weighted by atomic mass is 9.99. The van der Waals surface area contributed by atoms with E-state index < -0.39 is 59.8 Å². The third-order valence-corrected chi connectivity index (χ3v) is 9.60. The van der Waals surface area contributed by atoms with Gasteiger partial charge >= 0.3 is 16.4 Å². The fraction of sp³-hybridized carbons (Fsp3) is 0.921. The molecule has 1 aliphatic rings. The zero-order valence-electron chi connectivity index (χ0n) is 31.7. The molecule has 4 N–H and O–H groups in total. The number of hydrogen-bond acceptors (Lipinski definition) is 11. The average molecular weight is 753 g/mol. The van der Waals surface area contributed by atoms with E-state index in [0.29, 0.717) is 13.0 Å². The summed E-state index contributed by atoms with van der Waals surface area (Å²) in [6.07, 6.45) is 21.7. The van der Waals surface area contributed by atoms with Crippen molar-refractivity contribution in [2.45, 2.75) is 198 Å². The Hall–Kier alpha value is -1.16. The second kappa shape index (κ2) is 31.2. The van der Waals surface area contributed by atoms with E-state index >= 15 is 0 Å². The maximum atomic E-state index is 12.6. The molecule has 0 bridgehead atoms. The van der Waals surface area contributed by atoms with Crippen LogP contribution in [0.15, 0.2) is 12.2 Å². The lowest BCUT2D eigenvalue weighted by Crippen LogP contribution is -2.60. The van der Waals surface area contributed by atoms with Gasteiger partial charge in [0.2, 0.25) is 0 Å². The van der Waals surface area contributed by atoms with Crippen LogP contribution >= 0.6 is 0 Å². The van der Waals surface area contributed by atoms with E-state index in [9.17, 15) is 28.5 Å². The first kappa shape index (κ1) is 47.9. The Kier molecular flexibility index (Phi) is 29.3. The standard InChI is InChI=1S/C38H72O12S/c1-3-5-7-9-10-11-12-13-14-15-16-17-18-19-20-21-22-24-26-28-46-30-32(48-34(40)27-25-23-8-6-4-2)31-47-38-36(42)37(50-51(43,44)45)35(41)33(29-39)49-38/h14-15,32-33,35-39,41-42H,3-13,16-31H2,1-2H3,(H,43,44,45)/b15-14-. The number of carbonyl (C=O) groups excluding carboxylic acids is 1. The van der Waals surface area contributed by atoms with Crippen LogP contribution in [0.25, 0.3) is 0 Å². The molecule has 13 heteroatoms. The van der Waals surface area contributed by atoms with Gasteiger partial charge in [0.1, 0.15) is 30.5 Å². The molecule has 6 atom stereocenters. The fourth-order valence-electron chi connectivity index (χ4n) is 6.08. The lowest BCUT2D eigenvalue weighted by molar-refractivity contribution is -0.301. The molecule has 1 saturated heterocycles. The van der Waals surface area contributed by atoms with Crippen LogP contribution in [0, 0.1) is 0 Å². The van der Waals surface area contributed by atoms with E-state index in [1.54, 1.807) is 0 Å². The quantitative estimate of drug-likeness (QED) is 0.0227. The number of hydrogen-bond donors (Lipinski definition) is 4. The number of carbonyl (C=O) groups is 1. The molecule has 0 aliphatic carbocycles. The van der Waals surface area contributed by atoms with E-state index in [1.807, 2.05) is 0 Å². The molecule has 0 saturated carbocycles. The SMILES string of the molecule is CCCCCCCCC/C=C\CCCCCCCCCCOCC(COC1OC(CO)C(O)C(OS(=O)(=O)O)C1O)OC(=O)CCCCCCC. The monoisotopic (exact) mass is 752 g/mol. The van der Waals surface area contributed by atoms with Crippen molar-refractivity contribution in [3.8, 4) is 0 Å². The first-order chi connectivity index (χ1) is 24.6. The predicted molar refractivity (Wildman–Crippen MR) is 198 cm³/mol. The second-order valence-corrected chi connectivity index (χ2v) is 14.9. The summed E-state index contributed by atoms with van der Waals surface area (Å²) in [5.41, 5.74) is 0. The third kappa shape index (κ3) is 25.5. The molecule has 0 aromatic carbocycles. The summed E-state index contributed by atoms with van der Waals surface area (Å²) in [6, 6.07) is 0. The van der Waals surface area contributed by atoms with Crippen LogP contribution in [0.3, 0.4) is 0 Å². The summed E-state index contributed by atoms with van der Waals surface area (Å²) in [5.74, 6) is -0.412. The van der Waals surface area contributed by atoms with E-state index in [0.717, 1.165) is 44.9 Å². The molecule has 12 nitrogen and oxygen atoms in total. The van der Waals surface area contributed by atoms with Gasteiger partial charge in [-0.05, 0) is 38.5 Å². The zero-order chi connectivity index (χ0) is 37.6. The zero-order valence-corrected chi connectivity index (χ0v) is 32.5. The molecular formula is C38H72O12S. The summed E-state index contributed by atoms with van der Waals surface area (Å²) >= 11 is 0. The van der Waals surface area contributed by atoms with Gasteiger partial charge < -0.3 is 34.3 Å². The van der Waals surface area contributed by atoms with Crippen molar-refractivity contribution in [3.63, 3.8) is 0 Å². The molecule has 1 aliphatic heterocycles. The topological polar surface area (TPSA) is 178 Å². The van der Waals surface area contributed by atoms with Crippen LogP contribution in [0.1, 0.15) is 162 Å². The highest BCUT2D eigenvalue weighted by molar-refractivity contribution is 7.80. The number of rotatable bonds is 34. The van der Waals surface area contributed by atoms with Gasteiger partial charge in [-0.3, -0.25) is 9.35 Å². The number of aliphatic hydroxyl groups is 3. The van der Waals surface area contributed by atoms with Crippen LogP contribution in [0.2, 0.25) is 0 Å². The smallest absolute Gasteiger partial charge is 0.397 e. The summed E-state index contributed by atoms with van der Waals surface area (Å²) in [5, 5.41) is 30.4. The molecule has 1 heterocycles. The van der Waals surface area contributed by atoms with Crippen LogP contribution in [0.5, 0.6) is 0 Å². The second-order valence-electron chi connectivity index (χ2n) is 13.9. The maximum absolute atomic E-state index is 12.6. The highest BCUT2D eigenvalue weighted by Gasteiger charge is 2.48. The van der Waals surface area contributed by atoms with E-state index in [4.69, 9.17) is 23.5 Å². The normalized spacial score (nSPS) is 21.7. The summed E-state index contributed by atoms with van der Waals surface area (Å²) in [4.78, 5) is 12.6. The highest BCUT2D eigenvalue weighted by atomic mass is 32.3. The number of esters is 1. The highest BCUT2D eigenvalue weighted by Crippen LogP contribution is 2.26. The van der Waals surface area contributed by atoms with Crippen LogP contribution in [0.4, 0.5) is 0 Å². The maximum Gasteiger partial charge on any atom is 0.397 e. The third-order valence-electron chi connectivity index (χ3n) is 9.14. The lowest BCUT2D eigenvalue weighted by Gasteiger charge is -2.41. The molecule has 0 aromatic rings. The van der Waals surface area contributed by atoms with Gasteiger partial charge in [-0.2, -0.15) is 8.42 Å². The fourth-order valence-corrected chi connectivity index (χ4v) is 6.59. The molecular weight excluding hydrogens is 680 g/mol. The Morgan fingerprint density at radius 1 is 0.725 bits per heavy atom. The first-order valence-corrected chi connectivity index (χ1v) is 21.3. The number of ether oxygens (including phenoxy) is 4. The minimum absolute atomic E-state index is 0.0366. The van der Waals surface area contributed by atoms with Gasteiger partial charge in [0.25, 0.3) is 0 Å². The molecule has 0 amide bonds. The summed E-state index contributed by atoms with van der Waals surface area (Å²) < 4.78 is 58.5. The van der Waals surface area contributed by atoms with Crippen LogP contribution < -0.4 is 0 Å². The van der Waals surface area contributed by atoms with Gasteiger partial charge in [-0.15, -0.1) is 0 Å². The average Bonchev–Trinajstić information content (AvgIpc) is 3.09. The van der Waals surface area contributed by atoms with Crippen molar-refractivity contribution in [3.05, 3.63) is 12.2 Å². The van der Waals surface area contributed by atoms with Crippen LogP contribution in [-0.2, 0) is 38.3 Å². The Morgan fingerprint density at radius 2 is 1.24 bits per heavy atom. The number of allylic oxidation sites excluding steroid dienone is 2. The van der Waals surface area contributed by atoms with Crippen LogP contribution in [-0.4, -0.2) is 97.5 Å². The van der Waals surface area contributed by atoms with E-state index in [2.05, 4.69) is 30.2 Å². The number of aliphatic hydroxyl groups excluding tert-OH is 3. The van der Waals surface area contributed by atoms with Crippen molar-refractivity contribution < 1.29 is 56.2 Å². The Bertz CT molecular complexity index is 963. The molecule has 0 radical (unpaired) electrons. The van der Waals surface area contributed by atoms with Crippen molar-refractivity contribution in [1.29, 1.82) is 0 Å². The van der Waals surface area contributed by atoms with E-state index in [1.165, 1.54) is 89.9 Å². The molecule has 0 spiro atoms. The van der Waals surface area contributed by atoms with Crippen molar-refractivity contribution in [1.82, 2.24) is 0 Å². The Balaban J connectivity index is 2.34. The molecule has 1 fully saturated rings. The van der Waals surface area contributed by atoms with Gasteiger partial charge in [-0.25, -0.2) is 4.18 Å². The molecule has 1 rings (SSSR count).